The number of rotatable bonds is 5. The molecule has 2 aromatic rings. The summed E-state index contributed by atoms with van der Waals surface area (Å²) in [6, 6.07) is 4.79. The molecular weight excluding hydrogens is 314 g/mol. The van der Waals surface area contributed by atoms with Gasteiger partial charge in [0.2, 0.25) is 5.89 Å². The quantitative estimate of drug-likeness (QED) is 0.834. The Hall–Kier alpha value is -1.95. The number of oxazole rings is 1. The van der Waals surface area contributed by atoms with Crippen molar-refractivity contribution in [1.29, 1.82) is 0 Å². The summed E-state index contributed by atoms with van der Waals surface area (Å²) in [5.41, 5.74) is 2.35. The number of aromatic nitrogens is 3. The lowest BCUT2D eigenvalue weighted by Gasteiger charge is -2.44. The smallest absolute Gasteiger partial charge is 0.208 e. The largest absolute Gasteiger partial charge is 0.444 e. The lowest BCUT2D eigenvalue weighted by Crippen LogP contribution is -2.58. The van der Waals surface area contributed by atoms with Gasteiger partial charge in [0.05, 0.1) is 17.9 Å². The molecule has 0 amide bonds. The Morgan fingerprint density at radius 2 is 2.00 bits per heavy atom. The first-order chi connectivity index (χ1) is 12.3. The number of hydrogen-bond donors (Lipinski definition) is 0. The van der Waals surface area contributed by atoms with Crippen LogP contribution in [-0.2, 0) is 19.4 Å². The summed E-state index contributed by atoms with van der Waals surface area (Å²) in [4.78, 5) is 9.34. The van der Waals surface area contributed by atoms with E-state index in [2.05, 4.69) is 39.2 Å². The Balaban J connectivity index is 1.16. The molecule has 2 aromatic heterocycles. The number of aryl methyl sites for hydroxylation is 2. The van der Waals surface area contributed by atoms with Gasteiger partial charge in [-0.1, -0.05) is 0 Å². The maximum atomic E-state index is 5.96. The first-order valence-electron chi connectivity index (χ1n) is 9.52. The summed E-state index contributed by atoms with van der Waals surface area (Å²) in [5, 5.41) is 8.80. The molecule has 0 aromatic carbocycles. The van der Waals surface area contributed by atoms with Gasteiger partial charge in [0.1, 0.15) is 5.76 Å². The zero-order valence-electron chi connectivity index (χ0n) is 14.8. The Labute approximate surface area is 148 Å². The molecule has 0 bridgehead atoms. The summed E-state index contributed by atoms with van der Waals surface area (Å²) in [6.07, 6.45) is 7.15. The van der Waals surface area contributed by atoms with E-state index in [9.17, 15) is 0 Å². The van der Waals surface area contributed by atoms with Gasteiger partial charge < -0.3 is 9.32 Å². The van der Waals surface area contributed by atoms with Gasteiger partial charge in [0.15, 0.2) is 5.82 Å². The zero-order valence-corrected chi connectivity index (χ0v) is 14.8. The van der Waals surface area contributed by atoms with Gasteiger partial charge in [-0.25, -0.2) is 4.98 Å². The first-order valence-corrected chi connectivity index (χ1v) is 9.52. The summed E-state index contributed by atoms with van der Waals surface area (Å²) >= 11 is 0. The van der Waals surface area contributed by atoms with Gasteiger partial charge in [-0.2, -0.15) is 5.10 Å². The van der Waals surface area contributed by atoms with E-state index < -0.39 is 0 Å². The molecule has 0 spiro atoms. The maximum absolute atomic E-state index is 5.96. The molecule has 0 N–H and O–H groups in total. The van der Waals surface area contributed by atoms with Crippen molar-refractivity contribution >= 4 is 5.82 Å². The normalized spacial score (nSPS) is 20.6. The highest BCUT2D eigenvalue weighted by Crippen LogP contribution is 2.38. The van der Waals surface area contributed by atoms with Gasteiger partial charge in [-0.15, -0.1) is 5.10 Å². The highest BCUT2D eigenvalue weighted by molar-refractivity contribution is 5.42. The number of hydrogen-bond acceptors (Lipinski definition) is 6. The number of likely N-dealkylation sites (N-methyl/N-ethyl adjacent to an activating group) is 1. The second-order valence-electron chi connectivity index (χ2n) is 7.75. The SMILES string of the molecule is CN(Cc1nc2c(o1)CCCC2)C1CN(c2ccc(C3CC3)nn2)C1. The molecule has 5 rings (SSSR count). The minimum Gasteiger partial charge on any atom is -0.444 e. The molecule has 2 fully saturated rings. The monoisotopic (exact) mass is 339 g/mol. The van der Waals surface area contributed by atoms with E-state index in [1.807, 2.05) is 0 Å². The third-order valence-electron chi connectivity index (χ3n) is 5.75. The lowest BCUT2D eigenvalue weighted by atomic mass is 10.0. The van der Waals surface area contributed by atoms with Gasteiger partial charge in [0, 0.05) is 31.5 Å². The van der Waals surface area contributed by atoms with Crippen LogP contribution in [0.1, 0.15) is 54.6 Å². The molecule has 1 saturated heterocycles. The average Bonchev–Trinajstić information content (AvgIpc) is 3.34. The number of anilines is 1. The lowest BCUT2D eigenvalue weighted by molar-refractivity contribution is 0.179. The minimum atomic E-state index is 0.522. The summed E-state index contributed by atoms with van der Waals surface area (Å²) in [5.74, 6) is 3.67. The molecule has 0 radical (unpaired) electrons. The highest BCUT2D eigenvalue weighted by atomic mass is 16.4. The van der Waals surface area contributed by atoms with Crippen molar-refractivity contribution in [1.82, 2.24) is 20.1 Å². The molecule has 1 saturated carbocycles. The predicted molar refractivity (Wildman–Crippen MR) is 94.6 cm³/mol. The Kier molecular flexibility index (Phi) is 3.73. The highest BCUT2D eigenvalue weighted by Gasteiger charge is 2.32. The zero-order chi connectivity index (χ0) is 16.8. The van der Waals surface area contributed by atoms with E-state index in [0.29, 0.717) is 12.0 Å². The van der Waals surface area contributed by atoms with Crippen molar-refractivity contribution in [2.45, 2.75) is 57.0 Å². The van der Waals surface area contributed by atoms with Crippen LogP contribution in [0.25, 0.3) is 0 Å². The standard InChI is InChI=1S/C19H25N5O/c1-23(12-19-20-16-4-2-3-5-17(16)25-19)14-10-24(11-14)18-9-8-15(21-22-18)13-6-7-13/h8-9,13-14H,2-7,10-12H2,1H3. The van der Waals surface area contributed by atoms with Crippen molar-refractivity contribution in [2.75, 3.05) is 25.0 Å². The molecule has 0 atom stereocenters. The van der Waals surface area contributed by atoms with Crippen LogP contribution in [0.4, 0.5) is 5.82 Å². The molecule has 6 heteroatoms. The third kappa shape index (κ3) is 3.03. The fraction of sp³-hybridized carbons (Fsp3) is 0.632. The van der Waals surface area contributed by atoms with Gasteiger partial charge in [-0.3, -0.25) is 4.90 Å². The van der Waals surface area contributed by atoms with E-state index in [1.54, 1.807) is 0 Å². The molecule has 1 aliphatic heterocycles. The molecule has 3 aliphatic rings. The van der Waals surface area contributed by atoms with Crippen LogP contribution in [-0.4, -0.2) is 46.3 Å². The van der Waals surface area contributed by atoms with Crippen LogP contribution < -0.4 is 4.90 Å². The van der Waals surface area contributed by atoms with E-state index in [-0.39, 0.29) is 0 Å². The Morgan fingerprint density at radius 3 is 2.72 bits per heavy atom. The summed E-state index contributed by atoms with van der Waals surface area (Å²) in [7, 11) is 2.16. The Bertz CT molecular complexity index is 722. The molecule has 6 nitrogen and oxygen atoms in total. The predicted octanol–water partition coefficient (Wildman–Crippen LogP) is 2.54. The van der Waals surface area contributed by atoms with Crippen LogP contribution in [0, 0.1) is 0 Å². The fourth-order valence-corrected chi connectivity index (χ4v) is 3.84. The van der Waals surface area contributed by atoms with Crippen LogP contribution in [0.5, 0.6) is 0 Å². The second kappa shape index (κ2) is 6.09. The molecule has 3 heterocycles. The van der Waals surface area contributed by atoms with Gasteiger partial charge in [-0.05, 0) is 51.3 Å². The third-order valence-corrected chi connectivity index (χ3v) is 5.75. The van der Waals surface area contributed by atoms with Crippen LogP contribution in [0.2, 0.25) is 0 Å². The van der Waals surface area contributed by atoms with Crippen molar-refractivity contribution < 1.29 is 4.42 Å². The van der Waals surface area contributed by atoms with E-state index in [4.69, 9.17) is 9.40 Å². The van der Waals surface area contributed by atoms with Crippen molar-refractivity contribution in [3.05, 3.63) is 35.2 Å². The van der Waals surface area contributed by atoms with E-state index in [1.165, 1.54) is 31.4 Å². The molecule has 132 valence electrons. The number of nitrogens with zero attached hydrogens (tertiary/aromatic N) is 5. The molecular formula is C19H25N5O. The van der Waals surface area contributed by atoms with Crippen molar-refractivity contribution in [3.8, 4) is 0 Å². The fourth-order valence-electron chi connectivity index (χ4n) is 3.84. The van der Waals surface area contributed by atoms with Crippen LogP contribution in [0.15, 0.2) is 16.5 Å². The Morgan fingerprint density at radius 1 is 1.16 bits per heavy atom. The van der Waals surface area contributed by atoms with Crippen molar-refractivity contribution in [3.63, 3.8) is 0 Å². The first kappa shape index (κ1) is 15.3. The summed E-state index contributed by atoms with van der Waals surface area (Å²) in [6.45, 7) is 2.78. The van der Waals surface area contributed by atoms with Gasteiger partial charge >= 0.3 is 0 Å². The van der Waals surface area contributed by atoms with Gasteiger partial charge in [0.25, 0.3) is 0 Å². The van der Waals surface area contributed by atoms with Crippen LogP contribution in [0.3, 0.4) is 0 Å². The second-order valence-corrected chi connectivity index (χ2v) is 7.75. The van der Waals surface area contributed by atoms with E-state index >= 15 is 0 Å². The maximum Gasteiger partial charge on any atom is 0.208 e. The van der Waals surface area contributed by atoms with Crippen molar-refractivity contribution in [2.24, 2.45) is 0 Å². The minimum absolute atomic E-state index is 0.522. The van der Waals surface area contributed by atoms with Crippen LogP contribution >= 0.6 is 0 Å². The molecule has 25 heavy (non-hydrogen) atoms. The summed E-state index contributed by atoms with van der Waals surface area (Å²) < 4.78 is 5.96. The average molecular weight is 339 g/mol. The molecule has 2 aliphatic carbocycles. The number of fused-ring (bicyclic) bond motifs is 1. The molecule has 0 unspecified atom stereocenters. The topological polar surface area (TPSA) is 58.3 Å². The van der Waals surface area contributed by atoms with E-state index in [0.717, 1.165) is 55.6 Å².